The average Bonchev–Trinajstić information content (AvgIpc) is 2.39. The van der Waals surface area contributed by atoms with Crippen molar-refractivity contribution in [3.63, 3.8) is 0 Å². The summed E-state index contributed by atoms with van der Waals surface area (Å²) < 4.78 is 0.994. The predicted molar refractivity (Wildman–Crippen MR) is 107 cm³/mol. The summed E-state index contributed by atoms with van der Waals surface area (Å²) in [5, 5.41) is 5.82. The monoisotopic (exact) mass is 482 g/mol. The Hall–Kier alpha value is -0.830. The lowest BCUT2D eigenvalue weighted by Gasteiger charge is -2.10. The maximum absolute atomic E-state index is 11.9. The van der Waals surface area contributed by atoms with Crippen LogP contribution in [0.25, 0.3) is 0 Å². The molecule has 4 N–H and O–H groups in total. The van der Waals surface area contributed by atoms with E-state index in [4.69, 9.17) is 5.73 Å². The Bertz CT molecular complexity index is 520. The SMILES string of the molecule is Cc1cc(Br)ccc1NC(=O)CCNC(N)=NCC(C)C.I. The maximum atomic E-state index is 11.9. The van der Waals surface area contributed by atoms with Gasteiger partial charge >= 0.3 is 0 Å². The van der Waals surface area contributed by atoms with E-state index in [1.807, 2.05) is 25.1 Å². The molecular weight excluding hydrogens is 459 g/mol. The first kappa shape index (κ1) is 21.2. The quantitative estimate of drug-likeness (QED) is 0.330. The van der Waals surface area contributed by atoms with Crippen molar-refractivity contribution in [2.75, 3.05) is 18.4 Å². The highest BCUT2D eigenvalue weighted by atomic mass is 127. The second kappa shape index (κ2) is 10.8. The summed E-state index contributed by atoms with van der Waals surface area (Å²) in [7, 11) is 0. The molecule has 0 bridgehead atoms. The van der Waals surface area contributed by atoms with Gasteiger partial charge in [-0.05, 0) is 36.6 Å². The number of halogens is 2. The highest BCUT2D eigenvalue weighted by Crippen LogP contribution is 2.19. The number of nitrogens with zero attached hydrogens (tertiary/aromatic N) is 1. The van der Waals surface area contributed by atoms with E-state index in [-0.39, 0.29) is 29.9 Å². The second-order valence-electron chi connectivity index (χ2n) is 5.30. The first-order chi connectivity index (χ1) is 9.88. The van der Waals surface area contributed by atoms with Crippen molar-refractivity contribution in [2.45, 2.75) is 27.2 Å². The standard InChI is InChI=1S/C15H23BrN4O.HI/c1-10(2)9-19-15(17)18-7-6-14(21)20-13-5-4-12(16)8-11(13)3;/h4-5,8,10H,6-7,9H2,1-3H3,(H,20,21)(H3,17,18,19);1H. The van der Waals surface area contributed by atoms with Crippen molar-refractivity contribution < 1.29 is 4.79 Å². The van der Waals surface area contributed by atoms with Crippen LogP contribution in [0.3, 0.4) is 0 Å². The number of rotatable bonds is 6. The number of nitrogens with two attached hydrogens (primary N) is 1. The number of anilines is 1. The summed E-state index contributed by atoms with van der Waals surface area (Å²) in [5.41, 5.74) is 7.54. The van der Waals surface area contributed by atoms with E-state index in [2.05, 4.69) is 45.4 Å². The highest BCUT2D eigenvalue weighted by Gasteiger charge is 2.05. The highest BCUT2D eigenvalue weighted by molar-refractivity contribution is 14.0. The molecule has 1 amide bonds. The van der Waals surface area contributed by atoms with Crippen LogP contribution in [-0.2, 0) is 4.79 Å². The number of benzene rings is 1. The average molecular weight is 483 g/mol. The van der Waals surface area contributed by atoms with Gasteiger partial charge in [0.25, 0.3) is 0 Å². The third kappa shape index (κ3) is 8.57. The molecule has 0 saturated carbocycles. The summed E-state index contributed by atoms with van der Waals surface area (Å²) in [6, 6.07) is 5.74. The molecule has 1 aromatic carbocycles. The van der Waals surface area contributed by atoms with Crippen molar-refractivity contribution in [1.82, 2.24) is 5.32 Å². The van der Waals surface area contributed by atoms with Crippen LogP contribution in [0.5, 0.6) is 0 Å². The Labute approximate surface area is 157 Å². The first-order valence-electron chi connectivity index (χ1n) is 6.98. The van der Waals surface area contributed by atoms with Crippen LogP contribution in [0, 0.1) is 12.8 Å². The molecule has 0 atom stereocenters. The minimum atomic E-state index is -0.0513. The predicted octanol–water partition coefficient (Wildman–Crippen LogP) is 3.26. The number of aryl methyl sites for hydroxylation is 1. The summed E-state index contributed by atoms with van der Waals surface area (Å²) in [4.78, 5) is 16.0. The zero-order valence-electron chi connectivity index (χ0n) is 13.1. The van der Waals surface area contributed by atoms with Crippen molar-refractivity contribution in [3.8, 4) is 0 Å². The van der Waals surface area contributed by atoms with Gasteiger partial charge in [-0.3, -0.25) is 9.79 Å². The number of hydrogen-bond donors (Lipinski definition) is 3. The summed E-state index contributed by atoms with van der Waals surface area (Å²) in [6.07, 6.45) is 0.341. The van der Waals surface area contributed by atoms with Gasteiger partial charge in [0, 0.05) is 29.7 Å². The van der Waals surface area contributed by atoms with E-state index in [1.54, 1.807) is 0 Å². The zero-order valence-corrected chi connectivity index (χ0v) is 17.1. The summed E-state index contributed by atoms with van der Waals surface area (Å²) in [5.74, 6) is 0.801. The van der Waals surface area contributed by atoms with Crippen molar-refractivity contribution in [3.05, 3.63) is 28.2 Å². The molecule has 0 aliphatic carbocycles. The molecule has 0 aromatic heterocycles. The van der Waals surface area contributed by atoms with Gasteiger partial charge in [-0.25, -0.2) is 0 Å². The lowest BCUT2D eigenvalue weighted by Crippen LogP contribution is -2.34. The minimum Gasteiger partial charge on any atom is -0.370 e. The van der Waals surface area contributed by atoms with Gasteiger partial charge in [-0.1, -0.05) is 29.8 Å². The fourth-order valence-electron chi connectivity index (χ4n) is 1.62. The van der Waals surface area contributed by atoms with Crippen molar-refractivity contribution in [1.29, 1.82) is 0 Å². The van der Waals surface area contributed by atoms with Gasteiger partial charge in [-0.2, -0.15) is 0 Å². The van der Waals surface area contributed by atoms with Crippen molar-refractivity contribution >= 4 is 57.5 Å². The number of guanidine groups is 1. The van der Waals surface area contributed by atoms with E-state index in [1.165, 1.54) is 0 Å². The summed E-state index contributed by atoms with van der Waals surface area (Å²) in [6.45, 7) is 7.25. The number of hydrogen-bond acceptors (Lipinski definition) is 2. The number of carbonyl (C=O) groups is 1. The maximum Gasteiger partial charge on any atom is 0.226 e. The van der Waals surface area contributed by atoms with Crippen LogP contribution in [0.15, 0.2) is 27.7 Å². The normalized spacial score (nSPS) is 11.0. The molecule has 5 nitrogen and oxygen atoms in total. The smallest absolute Gasteiger partial charge is 0.226 e. The van der Waals surface area contributed by atoms with Crippen LogP contribution < -0.4 is 16.4 Å². The summed E-state index contributed by atoms with van der Waals surface area (Å²) >= 11 is 3.40. The Morgan fingerprint density at radius 3 is 2.68 bits per heavy atom. The van der Waals surface area contributed by atoms with Gasteiger partial charge in [0.2, 0.25) is 5.91 Å². The van der Waals surface area contributed by atoms with Crippen LogP contribution in [0.2, 0.25) is 0 Å². The number of amides is 1. The molecule has 0 aliphatic heterocycles. The number of carbonyl (C=O) groups excluding carboxylic acids is 1. The van der Waals surface area contributed by atoms with Gasteiger partial charge in [-0.15, -0.1) is 24.0 Å². The largest absolute Gasteiger partial charge is 0.370 e. The lowest BCUT2D eigenvalue weighted by molar-refractivity contribution is -0.116. The van der Waals surface area contributed by atoms with E-state index >= 15 is 0 Å². The Balaban J connectivity index is 0.00000441. The van der Waals surface area contributed by atoms with Gasteiger partial charge in [0.1, 0.15) is 0 Å². The molecule has 1 rings (SSSR count). The van der Waals surface area contributed by atoms with Crippen LogP contribution in [0.4, 0.5) is 5.69 Å². The van der Waals surface area contributed by atoms with E-state index in [0.29, 0.717) is 31.4 Å². The topological polar surface area (TPSA) is 79.5 Å². The second-order valence-corrected chi connectivity index (χ2v) is 6.22. The Morgan fingerprint density at radius 2 is 2.09 bits per heavy atom. The molecule has 0 unspecified atom stereocenters. The molecule has 0 fully saturated rings. The third-order valence-corrected chi connectivity index (χ3v) is 3.24. The van der Waals surface area contributed by atoms with Crippen LogP contribution in [0.1, 0.15) is 25.8 Å². The first-order valence-corrected chi connectivity index (χ1v) is 7.77. The van der Waals surface area contributed by atoms with Crippen LogP contribution >= 0.6 is 39.9 Å². The van der Waals surface area contributed by atoms with E-state index in [9.17, 15) is 4.79 Å². The minimum absolute atomic E-state index is 0. The van der Waals surface area contributed by atoms with E-state index < -0.39 is 0 Å². The Morgan fingerprint density at radius 1 is 1.41 bits per heavy atom. The van der Waals surface area contributed by atoms with Gasteiger partial charge in [0.15, 0.2) is 5.96 Å². The van der Waals surface area contributed by atoms with Gasteiger partial charge < -0.3 is 16.4 Å². The molecular formula is C15H24BrIN4O. The van der Waals surface area contributed by atoms with Crippen LogP contribution in [-0.4, -0.2) is 25.0 Å². The number of nitrogens with one attached hydrogen (secondary N) is 2. The molecule has 0 heterocycles. The fraction of sp³-hybridized carbons (Fsp3) is 0.467. The third-order valence-electron chi connectivity index (χ3n) is 2.75. The molecule has 0 radical (unpaired) electrons. The fourth-order valence-corrected chi connectivity index (χ4v) is 2.10. The molecule has 0 saturated heterocycles. The molecule has 124 valence electrons. The molecule has 7 heteroatoms. The Kier molecular flexibility index (Phi) is 10.4. The van der Waals surface area contributed by atoms with E-state index in [0.717, 1.165) is 15.7 Å². The molecule has 0 spiro atoms. The van der Waals surface area contributed by atoms with Crippen molar-refractivity contribution in [2.24, 2.45) is 16.6 Å². The molecule has 22 heavy (non-hydrogen) atoms. The molecule has 1 aromatic rings. The zero-order chi connectivity index (χ0) is 15.8. The molecule has 0 aliphatic rings. The number of aliphatic imine (C=N–C) groups is 1. The lowest BCUT2D eigenvalue weighted by atomic mass is 10.2. The van der Waals surface area contributed by atoms with Gasteiger partial charge in [0.05, 0.1) is 0 Å².